The first-order valence-electron chi connectivity index (χ1n) is 7.69. The number of carbonyl (C=O) groups excluding carboxylic acids is 2. The summed E-state index contributed by atoms with van der Waals surface area (Å²) in [6.45, 7) is 1.41. The van der Waals surface area contributed by atoms with E-state index >= 15 is 0 Å². The summed E-state index contributed by atoms with van der Waals surface area (Å²) >= 11 is 0. The van der Waals surface area contributed by atoms with Crippen LogP contribution < -0.4 is 5.32 Å². The molecule has 1 aliphatic rings. The van der Waals surface area contributed by atoms with Gasteiger partial charge in [-0.05, 0) is 25.1 Å². The highest BCUT2D eigenvalue weighted by Crippen LogP contribution is 2.31. The number of carbonyl (C=O) groups is 2. The van der Waals surface area contributed by atoms with Gasteiger partial charge in [-0.15, -0.1) is 0 Å². The number of nitrogens with one attached hydrogen (secondary N) is 1. The van der Waals surface area contributed by atoms with Gasteiger partial charge < -0.3 is 10.1 Å². The Morgan fingerprint density at radius 1 is 1.38 bits per heavy atom. The molecule has 0 unspecified atom stereocenters. The lowest BCUT2D eigenvalue weighted by atomic mass is 10.1. The van der Waals surface area contributed by atoms with E-state index in [1.807, 2.05) is 0 Å². The highest BCUT2D eigenvalue weighted by molar-refractivity contribution is 7.89. The summed E-state index contributed by atoms with van der Waals surface area (Å²) in [5.74, 6) is -1.49. The largest absolute Gasteiger partial charge is 0.466 e. The maximum Gasteiger partial charge on any atom is 0.416 e. The van der Waals surface area contributed by atoms with E-state index in [0.717, 1.165) is 22.5 Å². The summed E-state index contributed by atoms with van der Waals surface area (Å²) in [4.78, 5) is 23.1. The number of halogens is 3. The normalized spacial score (nSPS) is 19.1. The zero-order chi connectivity index (χ0) is 19.5. The maximum atomic E-state index is 12.9. The van der Waals surface area contributed by atoms with Crippen molar-refractivity contribution in [1.29, 1.82) is 0 Å². The van der Waals surface area contributed by atoms with E-state index in [4.69, 9.17) is 4.74 Å². The number of alkyl halides is 3. The van der Waals surface area contributed by atoms with Crippen molar-refractivity contribution < 1.29 is 35.9 Å². The summed E-state index contributed by atoms with van der Waals surface area (Å²) in [5, 5.41) is 2.44. The van der Waals surface area contributed by atoms with Crippen molar-refractivity contribution in [3.8, 4) is 0 Å². The number of piperazine rings is 1. The Bertz CT molecular complexity index is 795. The van der Waals surface area contributed by atoms with Crippen LogP contribution in [0.5, 0.6) is 0 Å². The molecular weight excluding hydrogens is 377 g/mol. The summed E-state index contributed by atoms with van der Waals surface area (Å²) in [6, 6.07) is 1.85. The monoisotopic (exact) mass is 394 g/mol. The second kappa shape index (κ2) is 7.62. The zero-order valence-corrected chi connectivity index (χ0v) is 14.6. The first kappa shape index (κ1) is 20.2. The molecule has 26 heavy (non-hydrogen) atoms. The third-order valence-corrected chi connectivity index (χ3v) is 5.62. The molecule has 0 aromatic heterocycles. The molecule has 0 bridgehead atoms. The lowest BCUT2D eigenvalue weighted by Crippen LogP contribution is -2.57. The summed E-state index contributed by atoms with van der Waals surface area (Å²) < 4.78 is 69.6. The summed E-state index contributed by atoms with van der Waals surface area (Å²) in [7, 11) is -4.42. The van der Waals surface area contributed by atoms with Gasteiger partial charge >= 0.3 is 12.1 Å². The number of hydrogen-bond acceptors (Lipinski definition) is 5. The van der Waals surface area contributed by atoms with E-state index in [1.54, 1.807) is 6.92 Å². The molecule has 0 radical (unpaired) electrons. The molecule has 11 heteroatoms. The molecule has 0 spiro atoms. The average molecular weight is 394 g/mol. The SMILES string of the molecule is CCOC(=O)C[C@@H]1C(=O)NCCN1S(=O)(=O)c1cccc(C(F)(F)F)c1. The van der Waals surface area contributed by atoms with E-state index in [0.29, 0.717) is 6.07 Å². The van der Waals surface area contributed by atoms with Crippen LogP contribution in [0.3, 0.4) is 0 Å². The predicted molar refractivity (Wildman–Crippen MR) is 83.4 cm³/mol. The van der Waals surface area contributed by atoms with Crippen LogP contribution in [-0.2, 0) is 30.5 Å². The van der Waals surface area contributed by atoms with Gasteiger partial charge in [0, 0.05) is 13.1 Å². The lowest BCUT2D eigenvalue weighted by Gasteiger charge is -2.33. The third-order valence-electron chi connectivity index (χ3n) is 3.71. The molecule has 1 aliphatic heterocycles. The van der Waals surface area contributed by atoms with Crippen molar-refractivity contribution >= 4 is 21.9 Å². The number of ether oxygens (including phenoxy) is 1. The smallest absolute Gasteiger partial charge is 0.416 e. The first-order valence-corrected chi connectivity index (χ1v) is 9.14. The van der Waals surface area contributed by atoms with Crippen LogP contribution in [0.2, 0.25) is 0 Å². The van der Waals surface area contributed by atoms with Crippen LogP contribution in [0.1, 0.15) is 18.9 Å². The molecule has 1 atom stereocenters. The lowest BCUT2D eigenvalue weighted by molar-refractivity contribution is -0.146. The minimum atomic E-state index is -4.71. The van der Waals surface area contributed by atoms with E-state index < -0.39 is 51.0 Å². The van der Waals surface area contributed by atoms with Crippen LogP contribution >= 0.6 is 0 Å². The number of hydrogen-bond donors (Lipinski definition) is 1. The molecule has 0 saturated carbocycles. The van der Waals surface area contributed by atoms with Crippen LogP contribution in [-0.4, -0.2) is 50.3 Å². The topological polar surface area (TPSA) is 92.8 Å². The Morgan fingerprint density at radius 2 is 2.08 bits per heavy atom. The van der Waals surface area contributed by atoms with Crippen molar-refractivity contribution in [2.75, 3.05) is 19.7 Å². The highest BCUT2D eigenvalue weighted by Gasteiger charge is 2.41. The molecule has 1 aromatic rings. The summed E-state index contributed by atoms with van der Waals surface area (Å²) in [6.07, 6.45) is -5.24. The fourth-order valence-corrected chi connectivity index (χ4v) is 4.16. The minimum absolute atomic E-state index is 0.0175. The Hall–Kier alpha value is -2.14. The number of benzene rings is 1. The number of esters is 1. The van der Waals surface area contributed by atoms with Crippen molar-refractivity contribution in [3.05, 3.63) is 29.8 Å². The molecular formula is C15H17F3N2O5S. The van der Waals surface area contributed by atoms with Crippen molar-refractivity contribution in [1.82, 2.24) is 9.62 Å². The molecule has 1 heterocycles. The van der Waals surface area contributed by atoms with Crippen LogP contribution in [0.4, 0.5) is 13.2 Å². The van der Waals surface area contributed by atoms with Gasteiger partial charge in [0.2, 0.25) is 15.9 Å². The zero-order valence-electron chi connectivity index (χ0n) is 13.7. The quantitative estimate of drug-likeness (QED) is 0.757. The second-order valence-corrected chi connectivity index (χ2v) is 7.35. The molecule has 2 rings (SSSR count). The van der Waals surface area contributed by atoms with Crippen LogP contribution in [0, 0.1) is 0 Å². The molecule has 1 N–H and O–H groups in total. The van der Waals surface area contributed by atoms with Gasteiger partial charge in [-0.1, -0.05) is 6.07 Å². The van der Waals surface area contributed by atoms with Crippen molar-refractivity contribution in [2.45, 2.75) is 30.5 Å². The minimum Gasteiger partial charge on any atom is -0.466 e. The van der Waals surface area contributed by atoms with Gasteiger partial charge in [-0.3, -0.25) is 9.59 Å². The van der Waals surface area contributed by atoms with E-state index in [2.05, 4.69) is 5.32 Å². The fraction of sp³-hybridized carbons (Fsp3) is 0.467. The van der Waals surface area contributed by atoms with E-state index in [9.17, 15) is 31.2 Å². The second-order valence-electron chi connectivity index (χ2n) is 5.46. The fourth-order valence-electron chi connectivity index (χ4n) is 2.52. The highest BCUT2D eigenvalue weighted by atomic mass is 32.2. The number of sulfonamides is 1. The molecule has 144 valence electrons. The first-order chi connectivity index (χ1) is 12.1. The van der Waals surface area contributed by atoms with Gasteiger partial charge in [-0.2, -0.15) is 17.5 Å². The third kappa shape index (κ3) is 4.33. The number of amides is 1. The molecule has 7 nitrogen and oxygen atoms in total. The van der Waals surface area contributed by atoms with Crippen molar-refractivity contribution in [2.24, 2.45) is 0 Å². The van der Waals surface area contributed by atoms with Gasteiger partial charge in [0.15, 0.2) is 0 Å². The number of nitrogens with zero attached hydrogens (tertiary/aromatic N) is 1. The maximum absolute atomic E-state index is 12.9. The summed E-state index contributed by atoms with van der Waals surface area (Å²) in [5.41, 5.74) is -1.12. The van der Waals surface area contributed by atoms with Gasteiger partial charge in [0.25, 0.3) is 0 Å². The van der Waals surface area contributed by atoms with Crippen LogP contribution in [0.15, 0.2) is 29.2 Å². The molecule has 1 amide bonds. The molecule has 1 fully saturated rings. The average Bonchev–Trinajstić information content (AvgIpc) is 2.56. The predicted octanol–water partition coefficient (Wildman–Crippen LogP) is 1.15. The standard InChI is InChI=1S/C15H17F3N2O5S/c1-2-25-13(21)9-12-14(22)19-6-7-20(12)26(23,24)11-5-3-4-10(8-11)15(16,17)18/h3-5,8,12H,2,6-7,9H2,1H3,(H,19,22)/t12-/m1/s1. The molecule has 1 saturated heterocycles. The molecule has 1 aromatic carbocycles. The van der Waals surface area contributed by atoms with Gasteiger partial charge in [-0.25, -0.2) is 8.42 Å². The Kier molecular flexibility index (Phi) is 5.91. The van der Waals surface area contributed by atoms with Gasteiger partial charge in [0.05, 0.1) is 23.5 Å². The Balaban J connectivity index is 2.38. The van der Waals surface area contributed by atoms with E-state index in [-0.39, 0.29) is 19.7 Å². The Morgan fingerprint density at radius 3 is 2.69 bits per heavy atom. The van der Waals surface area contributed by atoms with E-state index in [1.165, 1.54) is 0 Å². The van der Waals surface area contributed by atoms with Crippen LogP contribution in [0.25, 0.3) is 0 Å². The molecule has 0 aliphatic carbocycles. The Labute approximate surface area is 148 Å². The van der Waals surface area contributed by atoms with Gasteiger partial charge in [0.1, 0.15) is 6.04 Å². The number of rotatable bonds is 5. The van der Waals surface area contributed by atoms with Crippen molar-refractivity contribution in [3.63, 3.8) is 0 Å².